The first-order valence-electron chi connectivity index (χ1n) is 10.00. The van der Waals surface area contributed by atoms with Crippen molar-refractivity contribution in [2.45, 2.75) is 45.8 Å². The van der Waals surface area contributed by atoms with E-state index in [0.29, 0.717) is 22.9 Å². The first-order chi connectivity index (χ1) is 14.0. The predicted molar refractivity (Wildman–Crippen MR) is 110 cm³/mol. The Labute approximate surface area is 168 Å². The van der Waals surface area contributed by atoms with Gasteiger partial charge in [0.1, 0.15) is 5.82 Å². The molecule has 1 fully saturated rings. The van der Waals surface area contributed by atoms with E-state index in [-0.39, 0.29) is 41.5 Å². The van der Waals surface area contributed by atoms with Crippen molar-refractivity contribution in [3.8, 4) is 0 Å². The van der Waals surface area contributed by atoms with Crippen molar-refractivity contribution in [1.29, 1.82) is 0 Å². The number of rotatable bonds is 6. The van der Waals surface area contributed by atoms with Crippen LogP contribution in [0.5, 0.6) is 0 Å². The molecule has 5 nitrogen and oxygen atoms in total. The minimum atomic E-state index is -0.325. The highest BCUT2D eigenvalue weighted by Gasteiger charge is 2.35. The fourth-order valence-corrected chi connectivity index (χ4v) is 3.56. The van der Waals surface area contributed by atoms with E-state index >= 15 is 0 Å². The van der Waals surface area contributed by atoms with E-state index in [1.54, 1.807) is 47.4 Å². The summed E-state index contributed by atoms with van der Waals surface area (Å²) in [6.45, 7) is 4.62. The van der Waals surface area contributed by atoms with Crippen LogP contribution < -0.4 is 5.56 Å². The van der Waals surface area contributed by atoms with Crippen molar-refractivity contribution < 1.29 is 9.18 Å². The lowest BCUT2D eigenvalue weighted by Gasteiger charge is -2.23. The summed E-state index contributed by atoms with van der Waals surface area (Å²) in [6, 6.07) is 13.7. The van der Waals surface area contributed by atoms with Crippen LogP contribution in [0.1, 0.15) is 42.7 Å². The van der Waals surface area contributed by atoms with Gasteiger partial charge >= 0.3 is 0 Å². The summed E-state index contributed by atoms with van der Waals surface area (Å²) in [7, 11) is 0. The van der Waals surface area contributed by atoms with E-state index in [1.165, 1.54) is 10.7 Å². The number of amides is 1. The molecule has 0 spiro atoms. The zero-order chi connectivity index (χ0) is 20.5. The molecule has 1 amide bonds. The number of aromatic nitrogens is 2. The van der Waals surface area contributed by atoms with Crippen LogP contribution in [0.25, 0.3) is 10.8 Å². The molecule has 0 bridgehead atoms. The van der Waals surface area contributed by atoms with Gasteiger partial charge < -0.3 is 4.90 Å². The highest BCUT2D eigenvalue weighted by atomic mass is 19.1. The smallest absolute Gasteiger partial charge is 0.275 e. The molecule has 0 aliphatic heterocycles. The number of carbonyl (C=O) groups excluding carboxylic acids is 1. The third kappa shape index (κ3) is 3.92. The molecule has 4 rings (SSSR count). The Balaban J connectivity index is 1.79. The van der Waals surface area contributed by atoms with Gasteiger partial charge in [-0.1, -0.05) is 50.2 Å². The normalized spacial score (nSPS) is 13.8. The van der Waals surface area contributed by atoms with Crippen molar-refractivity contribution in [1.82, 2.24) is 14.7 Å². The minimum Gasteiger partial charge on any atom is -0.330 e. The van der Waals surface area contributed by atoms with Gasteiger partial charge in [-0.05, 0) is 30.9 Å². The molecule has 0 unspecified atom stereocenters. The fourth-order valence-electron chi connectivity index (χ4n) is 3.56. The van der Waals surface area contributed by atoms with E-state index in [4.69, 9.17) is 0 Å². The number of hydrogen-bond acceptors (Lipinski definition) is 3. The van der Waals surface area contributed by atoms with Gasteiger partial charge in [-0.15, -0.1) is 0 Å². The first-order valence-corrected chi connectivity index (χ1v) is 10.00. The topological polar surface area (TPSA) is 55.2 Å². The molecule has 6 heteroatoms. The van der Waals surface area contributed by atoms with Gasteiger partial charge in [-0.2, -0.15) is 5.10 Å². The fraction of sp³-hybridized carbons (Fsp3) is 0.348. The molecule has 0 N–H and O–H groups in total. The zero-order valence-corrected chi connectivity index (χ0v) is 16.6. The Kier molecular flexibility index (Phi) is 5.18. The summed E-state index contributed by atoms with van der Waals surface area (Å²) in [6.07, 6.45) is 1.79. The molecule has 29 heavy (non-hydrogen) atoms. The van der Waals surface area contributed by atoms with Crippen LogP contribution in [0.4, 0.5) is 4.39 Å². The predicted octanol–water partition coefficient (Wildman–Crippen LogP) is 4.00. The number of nitrogens with zero attached hydrogens (tertiary/aromatic N) is 3. The number of halogens is 1. The average Bonchev–Trinajstić information content (AvgIpc) is 3.54. The van der Waals surface area contributed by atoms with Crippen LogP contribution in [0.3, 0.4) is 0 Å². The van der Waals surface area contributed by atoms with E-state index in [2.05, 4.69) is 5.10 Å². The minimum absolute atomic E-state index is 0.0770. The number of hydrogen-bond donors (Lipinski definition) is 0. The van der Waals surface area contributed by atoms with Crippen molar-refractivity contribution in [3.63, 3.8) is 0 Å². The summed E-state index contributed by atoms with van der Waals surface area (Å²) in [4.78, 5) is 28.0. The van der Waals surface area contributed by atoms with E-state index in [0.717, 1.165) is 12.8 Å². The second kappa shape index (κ2) is 7.78. The molecule has 1 aliphatic rings. The second-order valence-corrected chi connectivity index (χ2v) is 8.03. The van der Waals surface area contributed by atoms with Crippen LogP contribution in [-0.2, 0) is 13.1 Å². The van der Waals surface area contributed by atoms with Gasteiger partial charge in [0.2, 0.25) is 0 Å². The third-order valence-electron chi connectivity index (χ3n) is 5.16. The Hall–Kier alpha value is -3.02. The highest BCUT2D eigenvalue weighted by molar-refractivity contribution is 6.05. The molecule has 3 aromatic rings. The van der Waals surface area contributed by atoms with Gasteiger partial charge in [0.25, 0.3) is 11.5 Å². The van der Waals surface area contributed by atoms with Gasteiger partial charge in [0.05, 0.1) is 5.39 Å². The van der Waals surface area contributed by atoms with Gasteiger partial charge in [0, 0.05) is 30.1 Å². The summed E-state index contributed by atoms with van der Waals surface area (Å²) in [5.41, 5.74) is 0.537. The molecule has 1 aromatic heterocycles. The lowest BCUT2D eigenvalue weighted by molar-refractivity contribution is 0.0721. The Bertz CT molecular complexity index is 1120. The van der Waals surface area contributed by atoms with Crippen molar-refractivity contribution in [2.75, 3.05) is 0 Å². The SMILES string of the molecule is CC(C)Cn1nc(C(=O)N(Cc2ccccc2F)C2CC2)c2ccccc2c1=O. The largest absolute Gasteiger partial charge is 0.330 e. The molecule has 0 saturated heterocycles. The van der Waals surface area contributed by atoms with Crippen LogP contribution in [-0.4, -0.2) is 26.6 Å². The molecule has 0 atom stereocenters. The van der Waals surface area contributed by atoms with E-state index < -0.39 is 0 Å². The van der Waals surface area contributed by atoms with Crippen LogP contribution in [0.2, 0.25) is 0 Å². The van der Waals surface area contributed by atoms with Gasteiger partial charge in [0.15, 0.2) is 5.69 Å². The molecule has 1 aliphatic carbocycles. The molecule has 1 saturated carbocycles. The molecule has 150 valence electrons. The number of carbonyl (C=O) groups is 1. The van der Waals surface area contributed by atoms with Gasteiger partial charge in [-0.25, -0.2) is 9.07 Å². The Morgan fingerprint density at radius 2 is 1.79 bits per heavy atom. The summed E-state index contributed by atoms with van der Waals surface area (Å²) >= 11 is 0. The Morgan fingerprint density at radius 3 is 2.45 bits per heavy atom. The summed E-state index contributed by atoms with van der Waals surface area (Å²) in [5, 5.41) is 5.48. The third-order valence-corrected chi connectivity index (χ3v) is 5.16. The number of fused-ring (bicyclic) bond motifs is 1. The average molecular weight is 393 g/mol. The summed E-state index contributed by atoms with van der Waals surface area (Å²) < 4.78 is 15.6. The van der Waals surface area contributed by atoms with Crippen LogP contribution in [0.15, 0.2) is 53.3 Å². The van der Waals surface area contributed by atoms with Crippen molar-refractivity contribution >= 4 is 16.7 Å². The monoisotopic (exact) mass is 393 g/mol. The first kappa shape index (κ1) is 19.3. The maximum Gasteiger partial charge on any atom is 0.275 e. The lowest BCUT2D eigenvalue weighted by atomic mass is 10.1. The van der Waals surface area contributed by atoms with E-state index in [9.17, 15) is 14.0 Å². The molecule has 1 heterocycles. The standard InChI is InChI=1S/C23H24FN3O2/c1-15(2)13-27-22(28)19-9-5-4-8-18(19)21(25-27)23(29)26(17-11-12-17)14-16-7-3-6-10-20(16)24/h3-10,15,17H,11-14H2,1-2H3. The second-order valence-electron chi connectivity index (χ2n) is 8.03. The summed E-state index contributed by atoms with van der Waals surface area (Å²) in [5.74, 6) is -0.375. The molecular weight excluding hydrogens is 369 g/mol. The molecule has 2 aromatic carbocycles. The van der Waals surface area contributed by atoms with Gasteiger partial charge in [-0.3, -0.25) is 9.59 Å². The number of benzene rings is 2. The van der Waals surface area contributed by atoms with E-state index in [1.807, 2.05) is 13.8 Å². The van der Waals surface area contributed by atoms with Crippen molar-refractivity contribution in [3.05, 3.63) is 76.0 Å². The van der Waals surface area contributed by atoms with Crippen molar-refractivity contribution in [2.24, 2.45) is 5.92 Å². The van der Waals surface area contributed by atoms with Crippen LogP contribution >= 0.6 is 0 Å². The zero-order valence-electron chi connectivity index (χ0n) is 16.6. The Morgan fingerprint density at radius 1 is 1.14 bits per heavy atom. The lowest BCUT2D eigenvalue weighted by Crippen LogP contribution is -2.36. The molecule has 0 radical (unpaired) electrons. The maximum absolute atomic E-state index is 14.2. The maximum atomic E-state index is 14.2. The molecular formula is C23H24FN3O2. The quantitative estimate of drug-likeness (QED) is 0.636. The highest BCUT2D eigenvalue weighted by Crippen LogP contribution is 2.31. The van der Waals surface area contributed by atoms with Crippen LogP contribution in [0, 0.1) is 11.7 Å².